The van der Waals surface area contributed by atoms with Crippen molar-refractivity contribution in [2.45, 2.75) is 108 Å². The number of nitrogens with zero attached hydrogens (tertiary/aromatic N) is 2. The Hall–Kier alpha value is -4.23. The third-order valence-corrected chi connectivity index (χ3v) is 6.85. The van der Waals surface area contributed by atoms with Gasteiger partial charge in [0.25, 0.3) is 0 Å². The Morgan fingerprint density at radius 2 is 1.15 bits per heavy atom. The lowest BCUT2D eigenvalue weighted by atomic mass is 10.0. The summed E-state index contributed by atoms with van der Waals surface area (Å²) in [6, 6.07) is -6.13. The molecule has 0 aliphatic heterocycles. The van der Waals surface area contributed by atoms with Crippen molar-refractivity contribution in [1.82, 2.24) is 21.3 Å². The van der Waals surface area contributed by atoms with Gasteiger partial charge in [0.1, 0.15) is 24.2 Å². The van der Waals surface area contributed by atoms with Gasteiger partial charge in [0.2, 0.25) is 23.6 Å². The predicted octanol–water partition coefficient (Wildman–Crippen LogP) is -4.00. The molecule has 6 atom stereocenters. The Morgan fingerprint density at radius 3 is 1.62 bits per heavy atom. The summed E-state index contributed by atoms with van der Waals surface area (Å²) >= 11 is 0. The van der Waals surface area contributed by atoms with Crippen molar-refractivity contribution in [3.8, 4) is 0 Å². The summed E-state index contributed by atoms with van der Waals surface area (Å²) in [5.74, 6) is -4.78. The number of nitrogens with two attached hydrogens (primary N) is 6. The van der Waals surface area contributed by atoms with E-state index in [4.69, 9.17) is 34.4 Å². The Labute approximate surface area is 275 Å². The molecule has 19 nitrogen and oxygen atoms in total. The third kappa shape index (κ3) is 19.1. The van der Waals surface area contributed by atoms with Gasteiger partial charge < -0.3 is 65.9 Å². The first kappa shape index (κ1) is 42.8. The maximum Gasteiger partial charge on any atom is 0.326 e. The number of hydrogen-bond donors (Lipinski definition) is 12. The van der Waals surface area contributed by atoms with Gasteiger partial charge in [-0.25, -0.2) is 4.79 Å². The number of unbranched alkanes of at least 4 members (excludes halogenated alkanes) is 1. The van der Waals surface area contributed by atoms with E-state index < -0.39 is 65.9 Å². The number of carbonyl (C=O) groups is 5. The molecule has 47 heavy (non-hydrogen) atoms. The van der Waals surface area contributed by atoms with Crippen LogP contribution in [0, 0.1) is 5.92 Å². The van der Waals surface area contributed by atoms with Gasteiger partial charge in [-0.1, -0.05) is 20.3 Å². The number of carboxylic acids is 1. The lowest BCUT2D eigenvalue weighted by Crippen LogP contribution is -2.61. The maximum absolute atomic E-state index is 13.4. The van der Waals surface area contributed by atoms with Crippen LogP contribution in [0.2, 0.25) is 0 Å². The van der Waals surface area contributed by atoms with E-state index >= 15 is 0 Å². The molecule has 0 aliphatic carbocycles. The first-order valence-electron chi connectivity index (χ1n) is 15.7. The smallest absolute Gasteiger partial charge is 0.326 e. The van der Waals surface area contributed by atoms with E-state index in [2.05, 4.69) is 31.3 Å². The molecule has 0 heterocycles. The van der Waals surface area contributed by atoms with Crippen molar-refractivity contribution in [1.29, 1.82) is 0 Å². The van der Waals surface area contributed by atoms with Crippen LogP contribution in [0.1, 0.15) is 72.1 Å². The summed E-state index contributed by atoms with van der Waals surface area (Å²) in [7, 11) is 0. The lowest BCUT2D eigenvalue weighted by Gasteiger charge is -2.28. The molecule has 270 valence electrons. The van der Waals surface area contributed by atoms with Crippen LogP contribution in [0.4, 0.5) is 0 Å². The Kier molecular flexibility index (Phi) is 21.1. The van der Waals surface area contributed by atoms with Crippen LogP contribution < -0.4 is 55.7 Å². The summed E-state index contributed by atoms with van der Waals surface area (Å²) in [6.07, 6.45) is 0.905. The molecule has 0 aliphatic rings. The number of aliphatic carboxylic acids is 1. The van der Waals surface area contributed by atoms with Crippen LogP contribution in [0.3, 0.4) is 0 Å². The van der Waals surface area contributed by atoms with Crippen molar-refractivity contribution < 1.29 is 34.2 Å². The zero-order valence-corrected chi connectivity index (χ0v) is 27.6. The van der Waals surface area contributed by atoms with Crippen LogP contribution >= 0.6 is 0 Å². The summed E-state index contributed by atoms with van der Waals surface area (Å²) < 4.78 is 0. The van der Waals surface area contributed by atoms with E-state index in [9.17, 15) is 34.2 Å². The maximum atomic E-state index is 13.4. The average molecular weight is 673 g/mol. The van der Waals surface area contributed by atoms with Crippen LogP contribution in [0.15, 0.2) is 9.98 Å². The minimum absolute atomic E-state index is 0.0134. The zero-order chi connectivity index (χ0) is 36.1. The standard InChI is InChI=1S/C28H56N12O7/c1-15(2)14-20(24(44)38-19(26(46)47)10-7-13-36-28(33)34)39-25(45)21(16(3)41)40-23(43)18(9-6-12-35-27(31)32)37-22(42)17(30)8-4-5-11-29/h15-21,41H,4-14,29-30H2,1-3H3,(H,37,42)(H,38,44)(H,39,45)(H,40,43)(H,46,47)(H4,31,32,35)(H4,33,34,36)/t16-,17+,18-,19+,20-,21+/m0/s1. The Bertz CT molecular complexity index is 1060. The lowest BCUT2D eigenvalue weighted by molar-refractivity contribution is -0.142. The highest BCUT2D eigenvalue weighted by Crippen LogP contribution is 2.09. The minimum atomic E-state index is -1.55. The van der Waals surface area contributed by atoms with Crippen LogP contribution in [-0.2, 0) is 24.0 Å². The predicted molar refractivity (Wildman–Crippen MR) is 177 cm³/mol. The number of nitrogens with one attached hydrogen (secondary N) is 4. The summed E-state index contributed by atoms with van der Waals surface area (Å²) in [4.78, 5) is 72.1. The largest absolute Gasteiger partial charge is 0.480 e. The van der Waals surface area contributed by atoms with Gasteiger partial charge in [0.05, 0.1) is 12.1 Å². The molecule has 18 N–H and O–H groups in total. The second-order valence-electron chi connectivity index (χ2n) is 11.7. The number of aliphatic hydroxyl groups excluding tert-OH is 1. The number of aliphatic hydroxyl groups is 1. The molecule has 0 bridgehead atoms. The number of amides is 4. The first-order valence-corrected chi connectivity index (χ1v) is 15.7. The normalized spacial score (nSPS) is 14.8. The molecule has 0 aromatic rings. The molecular formula is C28H56N12O7. The molecule has 0 aromatic carbocycles. The molecule has 0 saturated heterocycles. The molecule has 19 heteroatoms. The van der Waals surface area contributed by atoms with E-state index in [1.807, 2.05) is 0 Å². The van der Waals surface area contributed by atoms with Gasteiger partial charge in [-0.05, 0) is 64.3 Å². The fourth-order valence-electron chi connectivity index (χ4n) is 4.35. The summed E-state index contributed by atoms with van der Waals surface area (Å²) in [5, 5.41) is 30.0. The van der Waals surface area contributed by atoms with Crippen LogP contribution in [0.25, 0.3) is 0 Å². The van der Waals surface area contributed by atoms with Gasteiger partial charge >= 0.3 is 5.97 Å². The van der Waals surface area contributed by atoms with Crippen molar-refractivity contribution in [2.75, 3.05) is 19.6 Å². The number of aliphatic imine (C=N–C) groups is 2. The van der Waals surface area contributed by atoms with E-state index in [0.29, 0.717) is 25.8 Å². The molecule has 0 aromatic heterocycles. The molecule has 0 saturated carbocycles. The van der Waals surface area contributed by atoms with E-state index in [1.54, 1.807) is 13.8 Å². The first-order chi connectivity index (χ1) is 22.0. The molecule has 0 radical (unpaired) electrons. The monoisotopic (exact) mass is 672 g/mol. The van der Waals surface area contributed by atoms with Crippen molar-refractivity contribution in [3.05, 3.63) is 0 Å². The van der Waals surface area contributed by atoms with Crippen LogP contribution in [-0.4, -0.2) is 108 Å². The summed E-state index contributed by atoms with van der Waals surface area (Å²) in [5.41, 5.74) is 32.8. The number of guanidine groups is 2. The van der Waals surface area contributed by atoms with E-state index in [0.717, 1.165) is 0 Å². The quantitative estimate of drug-likeness (QED) is 0.0264. The molecule has 0 rings (SSSR count). The second-order valence-corrected chi connectivity index (χ2v) is 11.7. The Balaban J connectivity index is 5.82. The van der Waals surface area contributed by atoms with Gasteiger partial charge in [-0.15, -0.1) is 0 Å². The molecule has 0 spiro atoms. The number of carbonyl (C=O) groups excluding carboxylic acids is 4. The second kappa shape index (κ2) is 23.1. The average Bonchev–Trinajstić information content (AvgIpc) is 2.97. The topological polar surface area (TPSA) is 355 Å². The molecule has 0 fully saturated rings. The third-order valence-electron chi connectivity index (χ3n) is 6.85. The number of rotatable bonds is 24. The molecular weight excluding hydrogens is 616 g/mol. The molecule has 0 unspecified atom stereocenters. The van der Waals surface area contributed by atoms with Crippen LogP contribution in [0.5, 0.6) is 0 Å². The van der Waals surface area contributed by atoms with E-state index in [-0.39, 0.29) is 63.0 Å². The van der Waals surface area contributed by atoms with Gasteiger partial charge in [-0.2, -0.15) is 0 Å². The fraction of sp³-hybridized carbons (Fsp3) is 0.750. The van der Waals surface area contributed by atoms with Gasteiger partial charge in [0.15, 0.2) is 11.9 Å². The SMILES string of the molecule is CC(C)C[C@H](NC(=O)[C@H](NC(=O)[C@H](CCCN=C(N)N)NC(=O)[C@H](N)CCCCN)[C@H](C)O)C(=O)N[C@H](CCCN=C(N)N)C(=O)O. The highest BCUT2D eigenvalue weighted by atomic mass is 16.4. The highest BCUT2D eigenvalue weighted by Gasteiger charge is 2.34. The van der Waals surface area contributed by atoms with Crippen molar-refractivity contribution >= 4 is 41.5 Å². The number of carboxylic acid groups (broad SMARTS) is 1. The van der Waals surface area contributed by atoms with Crippen molar-refractivity contribution in [2.24, 2.45) is 50.3 Å². The van der Waals surface area contributed by atoms with Crippen molar-refractivity contribution in [3.63, 3.8) is 0 Å². The summed E-state index contributed by atoms with van der Waals surface area (Å²) in [6.45, 7) is 5.59. The highest BCUT2D eigenvalue weighted by molar-refractivity contribution is 5.95. The zero-order valence-electron chi connectivity index (χ0n) is 27.6. The molecule has 4 amide bonds. The number of hydrogen-bond acceptors (Lipinski definition) is 10. The fourth-order valence-corrected chi connectivity index (χ4v) is 4.35. The minimum Gasteiger partial charge on any atom is -0.480 e. The Morgan fingerprint density at radius 1 is 0.660 bits per heavy atom. The van der Waals surface area contributed by atoms with Gasteiger partial charge in [-0.3, -0.25) is 29.2 Å². The van der Waals surface area contributed by atoms with Gasteiger partial charge in [0, 0.05) is 13.1 Å². The van der Waals surface area contributed by atoms with E-state index in [1.165, 1.54) is 6.92 Å².